The minimum atomic E-state index is 0.294. The predicted molar refractivity (Wildman–Crippen MR) is 83.3 cm³/mol. The Hall–Kier alpha value is -2.16. The van der Waals surface area contributed by atoms with Gasteiger partial charge in [0.25, 0.3) is 0 Å². The first kappa shape index (κ1) is 12.9. The van der Waals surface area contributed by atoms with Crippen molar-refractivity contribution in [2.45, 2.75) is 19.4 Å². The van der Waals surface area contributed by atoms with Crippen LogP contribution in [0.3, 0.4) is 0 Å². The highest BCUT2D eigenvalue weighted by molar-refractivity contribution is 5.56. The molecule has 0 spiro atoms. The molecule has 0 aliphatic carbocycles. The van der Waals surface area contributed by atoms with E-state index in [2.05, 4.69) is 34.5 Å². The number of phenols is 1. The van der Waals surface area contributed by atoms with Gasteiger partial charge < -0.3 is 15.3 Å². The number of phenolic OH excluding ortho intramolecular Hbond substituents is 1. The first-order valence-corrected chi connectivity index (χ1v) is 7.19. The van der Waals surface area contributed by atoms with Crippen LogP contribution in [0.1, 0.15) is 18.4 Å². The van der Waals surface area contributed by atoms with Gasteiger partial charge in [-0.3, -0.25) is 0 Å². The smallest absolute Gasteiger partial charge is 0.117 e. The van der Waals surface area contributed by atoms with Crippen LogP contribution in [0.5, 0.6) is 5.75 Å². The van der Waals surface area contributed by atoms with Crippen LogP contribution in [0.25, 0.3) is 0 Å². The van der Waals surface area contributed by atoms with Crippen molar-refractivity contribution < 1.29 is 5.11 Å². The van der Waals surface area contributed by atoms with E-state index in [1.807, 2.05) is 12.1 Å². The average Bonchev–Trinajstić information content (AvgIpc) is 3.00. The Labute approximate surface area is 119 Å². The summed E-state index contributed by atoms with van der Waals surface area (Å²) >= 11 is 0. The molecule has 0 atom stereocenters. The average molecular weight is 268 g/mol. The van der Waals surface area contributed by atoms with Crippen LogP contribution in [-0.2, 0) is 6.54 Å². The maximum atomic E-state index is 9.49. The van der Waals surface area contributed by atoms with Crippen LogP contribution < -0.4 is 10.2 Å². The van der Waals surface area contributed by atoms with E-state index in [-0.39, 0.29) is 0 Å². The number of anilines is 2. The molecule has 0 bridgehead atoms. The second-order valence-corrected chi connectivity index (χ2v) is 5.23. The molecule has 104 valence electrons. The number of nitrogens with zero attached hydrogens (tertiary/aromatic N) is 1. The Bertz CT molecular complexity index is 577. The number of rotatable bonds is 4. The van der Waals surface area contributed by atoms with Crippen molar-refractivity contribution in [2.75, 3.05) is 23.3 Å². The Morgan fingerprint density at radius 1 is 1.00 bits per heavy atom. The SMILES string of the molecule is Oc1cccc(NCc2ccccc2N2CCCC2)c1. The summed E-state index contributed by atoms with van der Waals surface area (Å²) in [5.74, 6) is 0.294. The molecule has 2 aromatic rings. The second-order valence-electron chi connectivity index (χ2n) is 5.23. The van der Waals surface area contributed by atoms with Gasteiger partial charge in [0.15, 0.2) is 0 Å². The van der Waals surface area contributed by atoms with Crippen molar-refractivity contribution >= 4 is 11.4 Å². The van der Waals surface area contributed by atoms with Crippen molar-refractivity contribution in [1.82, 2.24) is 0 Å². The lowest BCUT2D eigenvalue weighted by Crippen LogP contribution is -2.19. The summed E-state index contributed by atoms with van der Waals surface area (Å²) in [6.45, 7) is 3.09. The van der Waals surface area contributed by atoms with Crippen LogP contribution in [0.15, 0.2) is 48.5 Å². The summed E-state index contributed by atoms with van der Waals surface area (Å²) in [4.78, 5) is 2.46. The number of aromatic hydroxyl groups is 1. The number of benzene rings is 2. The van der Waals surface area contributed by atoms with E-state index in [4.69, 9.17) is 0 Å². The van der Waals surface area contributed by atoms with Crippen LogP contribution in [0.2, 0.25) is 0 Å². The van der Waals surface area contributed by atoms with Gasteiger partial charge in [0.2, 0.25) is 0 Å². The van der Waals surface area contributed by atoms with Crippen molar-refractivity contribution in [3.05, 3.63) is 54.1 Å². The Morgan fingerprint density at radius 3 is 2.60 bits per heavy atom. The van der Waals surface area contributed by atoms with Crippen LogP contribution >= 0.6 is 0 Å². The minimum absolute atomic E-state index is 0.294. The first-order valence-electron chi connectivity index (χ1n) is 7.19. The zero-order chi connectivity index (χ0) is 13.8. The van der Waals surface area contributed by atoms with Gasteiger partial charge in [-0.15, -0.1) is 0 Å². The normalized spacial score (nSPS) is 14.5. The third-order valence-corrected chi connectivity index (χ3v) is 3.77. The zero-order valence-electron chi connectivity index (χ0n) is 11.5. The maximum Gasteiger partial charge on any atom is 0.117 e. The molecular weight excluding hydrogens is 248 g/mol. The first-order chi connectivity index (χ1) is 9.83. The summed E-state index contributed by atoms with van der Waals surface area (Å²) in [6.07, 6.45) is 2.57. The monoisotopic (exact) mass is 268 g/mol. The van der Waals surface area contributed by atoms with Gasteiger partial charge in [-0.25, -0.2) is 0 Å². The number of para-hydroxylation sites is 1. The highest BCUT2D eigenvalue weighted by Crippen LogP contribution is 2.25. The third kappa shape index (κ3) is 2.87. The molecule has 0 saturated carbocycles. The lowest BCUT2D eigenvalue weighted by atomic mass is 10.1. The molecule has 1 saturated heterocycles. The molecule has 2 N–H and O–H groups in total. The van der Waals surface area contributed by atoms with E-state index >= 15 is 0 Å². The molecule has 1 aliphatic rings. The van der Waals surface area contributed by atoms with E-state index < -0.39 is 0 Å². The Kier molecular flexibility index (Phi) is 3.77. The van der Waals surface area contributed by atoms with Crippen molar-refractivity contribution in [3.8, 4) is 5.75 Å². The quantitative estimate of drug-likeness (QED) is 0.889. The fourth-order valence-electron chi connectivity index (χ4n) is 2.74. The van der Waals surface area contributed by atoms with Crippen LogP contribution in [0.4, 0.5) is 11.4 Å². The van der Waals surface area contributed by atoms with Crippen molar-refractivity contribution in [1.29, 1.82) is 0 Å². The molecule has 3 heteroatoms. The summed E-state index contributed by atoms with van der Waals surface area (Å²) < 4.78 is 0. The molecular formula is C17H20N2O. The van der Waals surface area contributed by atoms with Gasteiger partial charge in [0.1, 0.15) is 5.75 Å². The maximum absolute atomic E-state index is 9.49. The Balaban J connectivity index is 1.74. The number of hydrogen-bond acceptors (Lipinski definition) is 3. The van der Waals surface area contributed by atoms with Gasteiger partial charge in [-0.2, -0.15) is 0 Å². The molecule has 1 fully saturated rings. The standard InChI is InChI=1S/C17H20N2O/c20-16-8-5-7-15(12-16)18-13-14-6-1-2-9-17(14)19-10-3-4-11-19/h1-2,5-9,12,18,20H,3-4,10-11,13H2. The fraction of sp³-hybridized carbons (Fsp3) is 0.294. The summed E-state index contributed by atoms with van der Waals surface area (Å²) in [5, 5.41) is 12.9. The molecule has 3 rings (SSSR count). The third-order valence-electron chi connectivity index (χ3n) is 3.77. The molecule has 0 radical (unpaired) electrons. The fourth-order valence-corrected chi connectivity index (χ4v) is 2.74. The molecule has 0 amide bonds. The Morgan fingerprint density at radius 2 is 1.80 bits per heavy atom. The molecule has 3 nitrogen and oxygen atoms in total. The highest BCUT2D eigenvalue weighted by Gasteiger charge is 2.14. The van der Waals surface area contributed by atoms with Gasteiger partial charge in [-0.1, -0.05) is 24.3 Å². The van der Waals surface area contributed by atoms with Gasteiger partial charge in [0, 0.05) is 37.1 Å². The topological polar surface area (TPSA) is 35.5 Å². The molecule has 0 aromatic heterocycles. The molecule has 2 aromatic carbocycles. The van der Waals surface area contributed by atoms with Gasteiger partial charge in [0.05, 0.1) is 0 Å². The zero-order valence-corrected chi connectivity index (χ0v) is 11.5. The highest BCUT2D eigenvalue weighted by atomic mass is 16.3. The molecule has 1 aliphatic heterocycles. The van der Waals surface area contributed by atoms with Crippen molar-refractivity contribution in [3.63, 3.8) is 0 Å². The molecule has 20 heavy (non-hydrogen) atoms. The summed E-state index contributed by atoms with van der Waals surface area (Å²) in [7, 11) is 0. The largest absolute Gasteiger partial charge is 0.508 e. The van der Waals surface area contributed by atoms with E-state index in [1.54, 1.807) is 12.1 Å². The van der Waals surface area contributed by atoms with Gasteiger partial charge >= 0.3 is 0 Å². The lowest BCUT2D eigenvalue weighted by molar-refractivity contribution is 0.475. The van der Waals surface area contributed by atoms with Crippen LogP contribution in [-0.4, -0.2) is 18.2 Å². The van der Waals surface area contributed by atoms with E-state index in [9.17, 15) is 5.11 Å². The van der Waals surface area contributed by atoms with Crippen molar-refractivity contribution in [2.24, 2.45) is 0 Å². The molecule has 1 heterocycles. The van der Waals surface area contributed by atoms with Gasteiger partial charge in [-0.05, 0) is 36.6 Å². The van der Waals surface area contributed by atoms with E-state index in [0.717, 1.165) is 25.3 Å². The van der Waals surface area contributed by atoms with Crippen LogP contribution in [0, 0.1) is 0 Å². The second kappa shape index (κ2) is 5.87. The number of hydrogen-bond donors (Lipinski definition) is 2. The number of nitrogens with one attached hydrogen (secondary N) is 1. The summed E-state index contributed by atoms with van der Waals surface area (Å²) in [5.41, 5.74) is 3.58. The lowest BCUT2D eigenvalue weighted by Gasteiger charge is -2.21. The predicted octanol–water partition coefficient (Wildman–Crippen LogP) is 3.60. The molecule has 0 unspecified atom stereocenters. The minimum Gasteiger partial charge on any atom is -0.508 e. The van der Waals surface area contributed by atoms with E-state index in [0.29, 0.717) is 5.75 Å². The van der Waals surface area contributed by atoms with E-state index in [1.165, 1.54) is 24.1 Å². The summed E-state index contributed by atoms with van der Waals surface area (Å²) in [6, 6.07) is 15.8.